The lowest BCUT2D eigenvalue weighted by molar-refractivity contribution is -0.136. The Kier molecular flexibility index (Phi) is 7.46. The van der Waals surface area contributed by atoms with Crippen LogP contribution in [0.3, 0.4) is 0 Å². The molecule has 1 aliphatic heterocycles. The number of aliphatic carboxylic acids is 1. The normalized spacial score (nSPS) is 16.4. The number of hydrogen-bond acceptors (Lipinski definition) is 6. The van der Waals surface area contributed by atoms with Crippen LogP contribution in [0, 0.1) is 0 Å². The second-order valence-corrected chi connectivity index (χ2v) is 9.52. The molecule has 3 aromatic carbocycles. The number of carbonyl (C=O) groups is 3. The maximum Gasteiger partial charge on any atom is 0.411 e. The molecule has 9 heteroatoms. The zero-order valence-corrected chi connectivity index (χ0v) is 21.7. The summed E-state index contributed by atoms with van der Waals surface area (Å²) in [6.45, 7) is 2.13. The summed E-state index contributed by atoms with van der Waals surface area (Å²) in [5.41, 5.74) is 9.21. The Labute approximate surface area is 230 Å². The van der Waals surface area contributed by atoms with Crippen molar-refractivity contribution >= 4 is 18.0 Å². The Morgan fingerprint density at radius 2 is 1.82 bits per heavy atom. The molecular weight excluding hydrogens is 510 g/mol. The van der Waals surface area contributed by atoms with Crippen molar-refractivity contribution in [1.82, 2.24) is 9.88 Å². The van der Waals surface area contributed by atoms with E-state index in [-0.39, 0.29) is 19.0 Å². The third-order valence-electron chi connectivity index (χ3n) is 6.75. The molecule has 0 aliphatic carbocycles. The van der Waals surface area contributed by atoms with Crippen LogP contribution < -0.4 is 10.5 Å². The Hall–Kier alpha value is -5.18. The molecule has 1 aromatic heterocycles. The lowest BCUT2D eigenvalue weighted by Gasteiger charge is -2.23. The van der Waals surface area contributed by atoms with Crippen LogP contribution in [-0.2, 0) is 22.5 Å². The largest absolute Gasteiger partial charge is 0.481 e. The molecule has 2 amide bonds. The van der Waals surface area contributed by atoms with Gasteiger partial charge < -0.3 is 20.3 Å². The number of cyclic esters (lactones) is 1. The maximum absolute atomic E-state index is 13.0. The van der Waals surface area contributed by atoms with E-state index in [0.717, 1.165) is 11.1 Å². The molecule has 202 valence electrons. The molecule has 1 aliphatic rings. The third kappa shape index (κ3) is 5.78. The number of hydrogen-bond donors (Lipinski definition) is 2. The summed E-state index contributed by atoms with van der Waals surface area (Å²) in [5.74, 6) is -0.543. The predicted octanol–water partition coefficient (Wildman–Crippen LogP) is 5.35. The maximum atomic E-state index is 13.0. The zero-order chi connectivity index (χ0) is 28.2. The third-order valence-corrected chi connectivity index (χ3v) is 6.75. The van der Waals surface area contributed by atoms with E-state index in [2.05, 4.69) is 4.98 Å². The second-order valence-electron chi connectivity index (χ2n) is 9.52. The Bertz CT molecular complexity index is 1560. The van der Waals surface area contributed by atoms with Gasteiger partial charge in [-0.05, 0) is 60.5 Å². The molecule has 40 heavy (non-hydrogen) atoms. The summed E-state index contributed by atoms with van der Waals surface area (Å²) in [5, 5.41) is 9.17. The fourth-order valence-corrected chi connectivity index (χ4v) is 4.68. The van der Waals surface area contributed by atoms with Gasteiger partial charge in [0, 0.05) is 17.3 Å². The highest BCUT2D eigenvalue weighted by molar-refractivity contribution is 5.92. The number of carboxylic acid groups (broad SMARTS) is 1. The highest BCUT2D eigenvalue weighted by atomic mass is 16.6. The molecule has 4 aromatic rings. The van der Waals surface area contributed by atoms with Crippen molar-refractivity contribution in [2.75, 3.05) is 0 Å². The molecule has 0 radical (unpaired) electrons. The van der Waals surface area contributed by atoms with Crippen molar-refractivity contribution in [1.29, 1.82) is 0 Å². The fraction of sp³-hybridized carbons (Fsp3) is 0.161. The number of rotatable bonds is 9. The van der Waals surface area contributed by atoms with Gasteiger partial charge in [0.2, 0.25) is 5.91 Å². The molecule has 0 saturated carbocycles. The van der Waals surface area contributed by atoms with Gasteiger partial charge in [0.05, 0.1) is 30.3 Å². The van der Waals surface area contributed by atoms with E-state index < -0.39 is 24.1 Å². The number of amides is 2. The molecular formula is C31H27N3O6. The average molecular weight is 538 g/mol. The van der Waals surface area contributed by atoms with Crippen molar-refractivity contribution in [3.05, 3.63) is 113 Å². The second kappa shape index (κ2) is 11.3. The van der Waals surface area contributed by atoms with E-state index in [1.54, 1.807) is 47.4 Å². The van der Waals surface area contributed by atoms with Crippen LogP contribution in [0.15, 0.2) is 91.1 Å². The average Bonchev–Trinajstić information content (AvgIpc) is 3.22. The summed E-state index contributed by atoms with van der Waals surface area (Å²) < 4.78 is 12.0. The number of pyridine rings is 1. The van der Waals surface area contributed by atoms with E-state index in [0.29, 0.717) is 33.9 Å². The van der Waals surface area contributed by atoms with Gasteiger partial charge in [0.1, 0.15) is 17.6 Å². The van der Waals surface area contributed by atoms with Gasteiger partial charge >= 0.3 is 12.1 Å². The van der Waals surface area contributed by atoms with Gasteiger partial charge in [-0.1, -0.05) is 42.5 Å². The Balaban J connectivity index is 1.48. The minimum Gasteiger partial charge on any atom is -0.481 e. The predicted molar refractivity (Wildman–Crippen MR) is 147 cm³/mol. The molecule has 3 N–H and O–H groups in total. The summed E-state index contributed by atoms with van der Waals surface area (Å²) >= 11 is 0. The molecule has 0 bridgehead atoms. The Morgan fingerprint density at radius 1 is 1.02 bits per heavy atom. The molecule has 2 unspecified atom stereocenters. The standard InChI is InChI=1S/C31H27N3O6/c1-19-29(21-7-3-2-4-8-21)40-31(38)34(19)18-24-16-22(26-12-10-23(17-33-26)30(32)37)11-13-27(24)39-25-9-5-6-20(14-25)15-28(35)36/h2-14,16-17,19,29H,15,18H2,1H3,(H2,32,37)(H,35,36). The van der Waals surface area contributed by atoms with Crippen molar-refractivity contribution in [3.8, 4) is 22.8 Å². The quantitative estimate of drug-likeness (QED) is 0.294. The van der Waals surface area contributed by atoms with E-state index in [9.17, 15) is 14.4 Å². The molecule has 1 saturated heterocycles. The Morgan fingerprint density at radius 3 is 2.52 bits per heavy atom. The molecule has 1 fully saturated rings. The number of primary amides is 1. The van der Waals surface area contributed by atoms with Crippen LogP contribution in [0.2, 0.25) is 0 Å². The number of nitrogens with zero attached hydrogens (tertiary/aromatic N) is 2. The molecule has 0 spiro atoms. The van der Waals surface area contributed by atoms with Gasteiger partial charge in [-0.25, -0.2) is 4.79 Å². The SMILES string of the molecule is CC1C(c2ccccc2)OC(=O)N1Cc1cc(-c2ccc(C(N)=O)cn2)ccc1Oc1cccc(CC(=O)O)c1. The number of ether oxygens (including phenoxy) is 2. The van der Waals surface area contributed by atoms with Gasteiger partial charge in [-0.3, -0.25) is 19.5 Å². The van der Waals surface area contributed by atoms with E-state index in [4.69, 9.17) is 20.3 Å². The minimum absolute atomic E-state index is 0.131. The van der Waals surface area contributed by atoms with Gasteiger partial charge in [-0.2, -0.15) is 0 Å². The first-order valence-corrected chi connectivity index (χ1v) is 12.7. The smallest absolute Gasteiger partial charge is 0.411 e. The first kappa shape index (κ1) is 26.4. The first-order valence-electron chi connectivity index (χ1n) is 12.7. The van der Waals surface area contributed by atoms with Crippen molar-refractivity contribution in [2.45, 2.75) is 32.0 Å². The highest BCUT2D eigenvalue weighted by Crippen LogP contribution is 2.36. The van der Waals surface area contributed by atoms with Crippen molar-refractivity contribution < 1.29 is 29.0 Å². The lowest BCUT2D eigenvalue weighted by atomic mass is 10.0. The van der Waals surface area contributed by atoms with Crippen LogP contribution >= 0.6 is 0 Å². The number of nitrogens with two attached hydrogens (primary N) is 1. The number of benzene rings is 3. The fourth-order valence-electron chi connectivity index (χ4n) is 4.68. The summed E-state index contributed by atoms with van der Waals surface area (Å²) in [6.07, 6.45) is 0.427. The van der Waals surface area contributed by atoms with E-state index in [1.807, 2.05) is 49.4 Å². The molecule has 2 heterocycles. The van der Waals surface area contributed by atoms with E-state index >= 15 is 0 Å². The van der Waals surface area contributed by atoms with Crippen LogP contribution in [0.25, 0.3) is 11.3 Å². The lowest BCUT2D eigenvalue weighted by Crippen LogP contribution is -2.31. The van der Waals surface area contributed by atoms with Gasteiger partial charge in [-0.15, -0.1) is 0 Å². The number of carbonyl (C=O) groups excluding carboxylic acids is 2. The van der Waals surface area contributed by atoms with E-state index in [1.165, 1.54) is 6.20 Å². The number of aromatic nitrogens is 1. The summed E-state index contributed by atoms with van der Waals surface area (Å²) in [7, 11) is 0. The van der Waals surface area contributed by atoms with Crippen LogP contribution in [-0.4, -0.2) is 39.0 Å². The molecule has 9 nitrogen and oxygen atoms in total. The van der Waals surface area contributed by atoms with Crippen LogP contribution in [0.1, 0.15) is 40.1 Å². The van der Waals surface area contributed by atoms with Crippen molar-refractivity contribution in [2.24, 2.45) is 5.73 Å². The molecule has 2 atom stereocenters. The summed E-state index contributed by atoms with van der Waals surface area (Å²) in [6, 6.07) is 25.0. The monoisotopic (exact) mass is 537 g/mol. The number of carboxylic acids is 1. The van der Waals surface area contributed by atoms with Crippen LogP contribution in [0.4, 0.5) is 4.79 Å². The topological polar surface area (TPSA) is 132 Å². The molecule has 5 rings (SSSR count). The van der Waals surface area contributed by atoms with Gasteiger partial charge in [0.25, 0.3) is 0 Å². The summed E-state index contributed by atoms with van der Waals surface area (Å²) in [4.78, 5) is 41.7. The minimum atomic E-state index is -0.938. The first-order chi connectivity index (χ1) is 19.3. The highest BCUT2D eigenvalue weighted by Gasteiger charge is 2.40. The van der Waals surface area contributed by atoms with Gasteiger partial charge in [0.15, 0.2) is 0 Å². The zero-order valence-electron chi connectivity index (χ0n) is 21.7. The van der Waals surface area contributed by atoms with Crippen LogP contribution in [0.5, 0.6) is 11.5 Å². The van der Waals surface area contributed by atoms with Crippen molar-refractivity contribution in [3.63, 3.8) is 0 Å².